The van der Waals surface area contributed by atoms with Crippen molar-refractivity contribution in [2.24, 2.45) is 5.92 Å². The third-order valence-corrected chi connectivity index (χ3v) is 4.69. The van der Waals surface area contributed by atoms with Crippen molar-refractivity contribution in [2.45, 2.75) is 44.6 Å². The lowest BCUT2D eigenvalue weighted by atomic mass is 9.85. The lowest BCUT2D eigenvalue weighted by Gasteiger charge is -2.31. The number of hydrogen-bond acceptors (Lipinski definition) is 3. The van der Waals surface area contributed by atoms with Gasteiger partial charge in [0.1, 0.15) is 5.75 Å². The van der Waals surface area contributed by atoms with E-state index in [-0.39, 0.29) is 5.91 Å². The highest BCUT2D eigenvalue weighted by molar-refractivity contribution is 5.79. The van der Waals surface area contributed by atoms with Crippen molar-refractivity contribution in [1.82, 2.24) is 9.88 Å². The Morgan fingerprint density at radius 1 is 1.40 bits per heavy atom. The van der Waals surface area contributed by atoms with Crippen LogP contribution in [0.2, 0.25) is 0 Å². The van der Waals surface area contributed by atoms with E-state index >= 15 is 0 Å². The number of rotatable bonds is 3. The van der Waals surface area contributed by atoms with Crippen LogP contribution in [0.4, 0.5) is 0 Å². The highest BCUT2D eigenvalue weighted by atomic mass is 16.5. The highest BCUT2D eigenvalue weighted by Gasteiger charge is 2.37. The zero-order valence-corrected chi connectivity index (χ0v) is 12.0. The number of aromatic nitrogens is 1. The number of nitrogens with zero attached hydrogens (tertiary/aromatic N) is 2. The maximum atomic E-state index is 12.5. The molecule has 1 saturated heterocycles. The molecular formula is C16H22N2O2. The first-order chi connectivity index (χ1) is 9.78. The molecule has 1 aromatic heterocycles. The fraction of sp³-hybridized carbons (Fsp3) is 0.625. The van der Waals surface area contributed by atoms with E-state index in [2.05, 4.69) is 9.88 Å². The molecule has 1 aromatic rings. The standard InChI is InChI=1S/C16H22N2O2/c1-20-14-6-8-17-13(10-14)11-16(19)18-9-7-12-4-2-3-5-15(12)18/h6,8,10,12,15H,2-5,7,9,11H2,1H3/t12-,15-/m0/s1. The fourth-order valence-electron chi connectivity index (χ4n) is 3.65. The second-order valence-electron chi connectivity index (χ2n) is 5.85. The smallest absolute Gasteiger partial charge is 0.228 e. The fourth-order valence-corrected chi connectivity index (χ4v) is 3.65. The van der Waals surface area contributed by atoms with Crippen molar-refractivity contribution in [2.75, 3.05) is 13.7 Å². The molecule has 4 nitrogen and oxygen atoms in total. The van der Waals surface area contributed by atoms with Gasteiger partial charge in [-0.1, -0.05) is 12.8 Å². The summed E-state index contributed by atoms with van der Waals surface area (Å²) >= 11 is 0. The van der Waals surface area contributed by atoms with E-state index in [9.17, 15) is 4.79 Å². The van der Waals surface area contributed by atoms with Gasteiger partial charge in [-0.15, -0.1) is 0 Å². The first-order valence-electron chi connectivity index (χ1n) is 7.56. The Hall–Kier alpha value is -1.58. The third kappa shape index (κ3) is 2.65. The highest BCUT2D eigenvalue weighted by Crippen LogP contribution is 2.36. The summed E-state index contributed by atoms with van der Waals surface area (Å²) in [4.78, 5) is 18.9. The molecule has 1 aliphatic heterocycles. The molecule has 1 aliphatic carbocycles. The first-order valence-corrected chi connectivity index (χ1v) is 7.56. The summed E-state index contributed by atoms with van der Waals surface area (Å²) in [6, 6.07) is 4.15. The predicted octanol–water partition coefficient (Wildman–Crippen LogP) is 2.42. The molecule has 0 radical (unpaired) electrons. The average molecular weight is 274 g/mol. The Morgan fingerprint density at radius 2 is 2.25 bits per heavy atom. The molecule has 3 rings (SSSR count). The maximum Gasteiger partial charge on any atom is 0.228 e. The van der Waals surface area contributed by atoms with E-state index < -0.39 is 0 Å². The van der Waals surface area contributed by atoms with Crippen molar-refractivity contribution in [3.63, 3.8) is 0 Å². The first kappa shape index (κ1) is 13.4. The predicted molar refractivity (Wildman–Crippen MR) is 76.6 cm³/mol. The van der Waals surface area contributed by atoms with Gasteiger partial charge >= 0.3 is 0 Å². The molecule has 0 unspecified atom stereocenters. The Labute approximate surface area is 120 Å². The quantitative estimate of drug-likeness (QED) is 0.850. The average Bonchev–Trinajstić information content (AvgIpc) is 2.91. The van der Waals surface area contributed by atoms with Crippen molar-refractivity contribution in [3.8, 4) is 5.75 Å². The van der Waals surface area contributed by atoms with Crippen LogP contribution in [0.3, 0.4) is 0 Å². The molecule has 2 aliphatic rings. The Bertz CT molecular complexity index is 489. The Balaban J connectivity index is 1.66. The van der Waals surface area contributed by atoms with Crippen LogP contribution in [-0.4, -0.2) is 35.5 Å². The van der Waals surface area contributed by atoms with Gasteiger partial charge < -0.3 is 9.64 Å². The number of pyridine rings is 1. The van der Waals surface area contributed by atoms with E-state index in [1.54, 1.807) is 19.4 Å². The number of fused-ring (bicyclic) bond motifs is 1. The Kier molecular flexibility index (Phi) is 3.90. The summed E-state index contributed by atoms with van der Waals surface area (Å²) in [5.41, 5.74) is 0.800. The molecule has 20 heavy (non-hydrogen) atoms. The molecule has 0 N–H and O–H groups in total. The summed E-state index contributed by atoms with van der Waals surface area (Å²) < 4.78 is 5.18. The minimum Gasteiger partial charge on any atom is -0.497 e. The largest absolute Gasteiger partial charge is 0.497 e. The SMILES string of the molecule is COc1ccnc(CC(=O)N2CC[C@@H]3CCCC[C@@H]32)c1. The van der Waals surface area contributed by atoms with Crippen LogP contribution in [0.25, 0.3) is 0 Å². The van der Waals surface area contributed by atoms with Gasteiger partial charge in [0.15, 0.2) is 0 Å². The lowest BCUT2D eigenvalue weighted by molar-refractivity contribution is -0.132. The number of carbonyl (C=O) groups is 1. The van der Waals surface area contributed by atoms with Gasteiger partial charge in [0.05, 0.1) is 19.2 Å². The van der Waals surface area contributed by atoms with E-state index in [1.807, 2.05) is 6.07 Å². The molecule has 0 spiro atoms. The minimum atomic E-state index is 0.222. The topological polar surface area (TPSA) is 42.4 Å². The molecule has 2 fully saturated rings. The van der Waals surface area contributed by atoms with Crippen LogP contribution in [0.5, 0.6) is 5.75 Å². The van der Waals surface area contributed by atoms with E-state index in [0.29, 0.717) is 12.5 Å². The van der Waals surface area contributed by atoms with E-state index in [4.69, 9.17) is 4.74 Å². The van der Waals surface area contributed by atoms with Crippen LogP contribution in [0.15, 0.2) is 18.3 Å². The van der Waals surface area contributed by atoms with Crippen molar-refractivity contribution in [1.29, 1.82) is 0 Å². The number of hydrogen-bond donors (Lipinski definition) is 0. The number of carbonyl (C=O) groups excluding carboxylic acids is 1. The van der Waals surface area contributed by atoms with Gasteiger partial charge in [-0.3, -0.25) is 9.78 Å². The van der Waals surface area contributed by atoms with Crippen LogP contribution in [-0.2, 0) is 11.2 Å². The summed E-state index contributed by atoms with van der Waals surface area (Å²) in [5, 5.41) is 0. The number of amides is 1. The second kappa shape index (κ2) is 5.81. The Morgan fingerprint density at radius 3 is 3.10 bits per heavy atom. The molecular weight excluding hydrogens is 252 g/mol. The summed E-state index contributed by atoms with van der Waals surface area (Å²) in [6.45, 7) is 0.929. The molecule has 2 atom stereocenters. The monoisotopic (exact) mass is 274 g/mol. The lowest BCUT2D eigenvalue weighted by Crippen LogP contribution is -2.40. The zero-order chi connectivity index (χ0) is 13.9. The van der Waals surface area contributed by atoms with Crippen LogP contribution in [0, 0.1) is 5.92 Å². The number of ether oxygens (including phenoxy) is 1. The van der Waals surface area contributed by atoms with Crippen molar-refractivity contribution in [3.05, 3.63) is 24.0 Å². The normalized spacial score (nSPS) is 25.4. The van der Waals surface area contributed by atoms with Gasteiger partial charge in [-0.05, 0) is 31.2 Å². The van der Waals surface area contributed by atoms with Gasteiger partial charge in [-0.25, -0.2) is 0 Å². The number of methoxy groups -OCH3 is 1. The minimum absolute atomic E-state index is 0.222. The molecule has 1 saturated carbocycles. The number of likely N-dealkylation sites (tertiary alicyclic amines) is 1. The third-order valence-electron chi connectivity index (χ3n) is 4.69. The van der Waals surface area contributed by atoms with Gasteiger partial charge in [-0.2, -0.15) is 0 Å². The molecule has 4 heteroatoms. The summed E-state index contributed by atoms with van der Waals surface area (Å²) in [7, 11) is 1.63. The second-order valence-corrected chi connectivity index (χ2v) is 5.85. The van der Waals surface area contributed by atoms with Crippen LogP contribution in [0.1, 0.15) is 37.8 Å². The maximum absolute atomic E-state index is 12.5. The summed E-state index contributed by atoms with van der Waals surface area (Å²) in [6.07, 6.45) is 8.36. The van der Waals surface area contributed by atoms with Gasteiger partial charge in [0.2, 0.25) is 5.91 Å². The molecule has 0 aromatic carbocycles. The molecule has 0 bridgehead atoms. The van der Waals surface area contributed by atoms with Gasteiger partial charge in [0.25, 0.3) is 0 Å². The van der Waals surface area contributed by atoms with Crippen LogP contribution >= 0.6 is 0 Å². The van der Waals surface area contributed by atoms with Crippen LogP contribution < -0.4 is 4.74 Å². The molecule has 108 valence electrons. The molecule has 1 amide bonds. The summed E-state index contributed by atoms with van der Waals surface area (Å²) in [5.74, 6) is 1.73. The van der Waals surface area contributed by atoms with E-state index in [1.165, 1.54) is 32.1 Å². The van der Waals surface area contributed by atoms with Crippen molar-refractivity contribution >= 4 is 5.91 Å². The van der Waals surface area contributed by atoms with Crippen molar-refractivity contribution < 1.29 is 9.53 Å². The molecule has 2 heterocycles. The van der Waals surface area contributed by atoms with Gasteiger partial charge in [0, 0.05) is 24.8 Å². The van der Waals surface area contributed by atoms with E-state index in [0.717, 1.165) is 23.9 Å². The zero-order valence-electron chi connectivity index (χ0n) is 12.0.